The van der Waals surface area contributed by atoms with Crippen molar-refractivity contribution in [3.63, 3.8) is 0 Å². The fourth-order valence-electron chi connectivity index (χ4n) is 1.78. The van der Waals surface area contributed by atoms with Crippen LogP contribution in [0.15, 0.2) is 18.2 Å². The minimum atomic E-state index is -2.89. The summed E-state index contributed by atoms with van der Waals surface area (Å²) in [5, 5.41) is 13.0. The number of phenolic OH excluding ortho intramolecular Hbond substituents is 1. The normalized spacial score (nSPS) is 13.5. The second-order valence-corrected chi connectivity index (χ2v) is 6.98. The van der Waals surface area contributed by atoms with Gasteiger partial charge in [-0.15, -0.1) is 0 Å². The van der Waals surface area contributed by atoms with Crippen molar-refractivity contribution in [3.05, 3.63) is 29.3 Å². The number of rotatable bonds is 6. The van der Waals surface area contributed by atoms with E-state index in [4.69, 9.17) is 0 Å². The Balaban J connectivity index is 2.50. The molecule has 0 aromatic heterocycles. The quantitative estimate of drug-likeness (QED) is 0.774. The molecule has 0 saturated heterocycles. The lowest BCUT2D eigenvalue weighted by Gasteiger charge is -2.16. The molecule has 0 radical (unpaired) electrons. The molecule has 0 heterocycles. The molecule has 4 nitrogen and oxygen atoms in total. The number of phenols is 1. The van der Waals surface area contributed by atoms with Crippen LogP contribution in [0.25, 0.3) is 0 Å². The molecular weight excluding hydrogens is 250 g/mol. The lowest BCUT2D eigenvalue weighted by Crippen LogP contribution is -2.22. The van der Waals surface area contributed by atoms with Crippen LogP contribution in [0.5, 0.6) is 5.75 Å². The highest BCUT2D eigenvalue weighted by Gasteiger charge is 2.10. The molecule has 0 aliphatic heterocycles. The van der Waals surface area contributed by atoms with E-state index < -0.39 is 9.84 Å². The molecule has 0 aliphatic rings. The van der Waals surface area contributed by atoms with E-state index in [-0.39, 0.29) is 17.5 Å². The molecule has 1 unspecified atom stereocenters. The van der Waals surface area contributed by atoms with Gasteiger partial charge in [0.05, 0.1) is 5.75 Å². The van der Waals surface area contributed by atoms with Gasteiger partial charge in [-0.05, 0) is 32.9 Å². The summed E-state index contributed by atoms with van der Waals surface area (Å²) < 4.78 is 22.0. The maximum absolute atomic E-state index is 11.0. The van der Waals surface area contributed by atoms with Crippen molar-refractivity contribution < 1.29 is 13.5 Å². The number of benzene rings is 1. The van der Waals surface area contributed by atoms with Crippen LogP contribution in [0.4, 0.5) is 0 Å². The summed E-state index contributed by atoms with van der Waals surface area (Å²) in [4.78, 5) is 0. The van der Waals surface area contributed by atoms with Crippen LogP contribution in [0.3, 0.4) is 0 Å². The van der Waals surface area contributed by atoms with Gasteiger partial charge in [0.1, 0.15) is 15.6 Å². The number of aryl methyl sites for hydroxylation is 1. The lowest BCUT2D eigenvalue weighted by molar-refractivity contribution is 0.452. The second-order valence-electron chi connectivity index (χ2n) is 4.72. The Bertz CT molecular complexity index is 497. The van der Waals surface area contributed by atoms with Crippen LogP contribution in [-0.2, 0) is 9.84 Å². The van der Waals surface area contributed by atoms with Crippen molar-refractivity contribution in [2.75, 3.05) is 18.6 Å². The van der Waals surface area contributed by atoms with Gasteiger partial charge in [0.15, 0.2) is 0 Å². The van der Waals surface area contributed by atoms with Gasteiger partial charge < -0.3 is 10.4 Å². The van der Waals surface area contributed by atoms with E-state index in [1.165, 1.54) is 6.26 Å². The van der Waals surface area contributed by atoms with Crippen LogP contribution < -0.4 is 5.32 Å². The zero-order valence-electron chi connectivity index (χ0n) is 11.1. The molecule has 1 atom stereocenters. The highest BCUT2D eigenvalue weighted by atomic mass is 32.2. The first-order valence-corrected chi connectivity index (χ1v) is 8.06. The van der Waals surface area contributed by atoms with Gasteiger partial charge in [0, 0.05) is 17.9 Å². The number of hydrogen-bond acceptors (Lipinski definition) is 4. The third kappa shape index (κ3) is 5.06. The third-order valence-electron chi connectivity index (χ3n) is 2.79. The van der Waals surface area contributed by atoms with E-state index in [2.05, 4.69) is 5.32 Å². The zero-order chi connectivity index (χ0) is 13.8. The maximum Gasteiger partial charge on any atom is 0.147 e. The molecule has 2 N–H and O–H groups in total. The molecule has 5 heteroatoms. The topological polar surface area (TPSA) is 66.4 Å². The van der Waals surface area contributed by atoms with E-state index in [0.717, 1.165) is 11.1 Å². The molecule has 1 aromatic rings. The van der Waals surface area contributed by atoms with Gasteiger partial charge in [-0.3, -0.25) is 0 Å². The molecule has 0 saturated carbocycles. The maximum atomic E-state index is 11.0. The van der Waals surface area contributed by atoms with Crippen LogP contribution in [0.1, 0.15) is 30.5 Å². The molecule has 0 amide bonds. The predicted molar refractivity (Wildman–Crippen MR) is 73.6 cm³/mol. The van der Waals surface area contributed by atoms with Crippen molar-refractivity contribution >= 4 is 9.84 Å². The average molecular weight is 271 g/mol. The third-order valence-corrected chi connectivity index (χ3v) is 3.82. The van der Waals surface area contributed by atoms with E-state index in [1.807, 2.05) is 26.0 Å². The fourth-order valence-corrected chi connectivity index (χ4v) is 2.45. The van der Waals surface area contributed by atoms with E-state index in [1.54, 1.807) is 6.07 Å². The summed E-state index contributed by atoms with van der Waals surface area (Å²) in [6.07, 6.45) is 1.82. The van der Waals surface area contributed by atoms with E-state index in [9.17, 15) is 13.5 Å². The number of nitrogens with one attached hydrogen (secondary N) is 1. The summed E-state index contributed by atoms with van der Waals surface area (Å²) in [6.45, 7) is 4.54. The van der Waals surface area contributed by atoms with Crippen LogP contribution in [0, 0.1) is 6.92 Å². The van der Waals surface area contributed by atoms with Gasteiger partial charge in [-0.25, -0.2) is 8.42 Å². The number of hydrogen-bond donors (Lipinski definition) is 2. The van der Waals surface area contributed by atoms with Gasteiger partial charge in [0.25, 0.3) is 0 Å². The highest BCUT2D eigenvalue weighted by Crippen LogP contribution is 2.24. The number of aromatic hydroxyl groups is 1. The molecular formula is C13H21NO3S. The fraction of sp³-hybridized carbons (Fsp3) is 0.538. The molecule has 1 rings (SSSR count). The van der Waals surface area contributed by atoms with Crippen molar-refractivity contribution in [2.24, 2.45) is 0 Å². The lowest BCUT2D eigenvalue weighted by atomic mass is 10.0. The van der Waals surface area contributed by atoms with Crippen molar-refractivity contribution in [1.82, 2.24) is 5.32 Å². The predicted octanol–water partition coefficient (Wildman–Crippen LogP) is 1.79. The average Bonchev–Trinajstić information content (AvgIpc) is 2.26. The van der Waals surface area contributed by atoms with E-state index in [0.29, 0.717) is 13.0 Å². The first kappa shape index (κ1) is 15.0. The first-order valence-electron chi connectivity index (χ1n) is 6.00. The largest absolute Gasteiger partial charge is 0.508 e. The van der Waals surface area contributed by atoms with Crippen molar-refractivity contribution in [1.29, 1.82) is 0 Å². The molecule has 0 fully saturated rings. The summed E-state index contributed by atoms with van der Waals surface area (Å²) in [7, 11) is -2.89. The van der Waals surface area contributed by atoms with E-state index >= 15 is 0 Å². The van der Waals surface area contributed by atoms with Gasteiger partial charge in [-0.1, -0.05) is 17.7 Å². The monoisotopic (exact) mass is 271 g/mol. The minimum absolute atomic E-state index is 0.00413. The Labute approximate surface area is 109 Å². The Kier molecular flexibility index (Phi) is 5.16. The van der Waals surface area contributed by atoms with Crippen LogP contribution >= 0.6 is 0 Å². The van der Waals surface area contributed by atoms with Crippen LogP contribution in [-0.4, -0.2) is 32.1 Å². The summed E-state index contributed by atoms with van der Waals surface area (Å²) in [6, 6.07) is 5.47. The van der Waals surface area contributed by atoms with Crippen molar-refractivity contribution in [2.45, 2.75) is 26.3 Å². The Hall–Kier alpha value is -1.07. The SMILES string of the molecule is Cc1ccc(O)c(C(C)NCCCS(C)(=O)=O)c1. The van der Waals surface area contributed by atoms with Gasteiger partial charge in [-0.2, -0.15) is 0 Å². The Morgan fingerprint density at radius 2 is 2.06 bits per heavy atom. The summed E-state index contributed by atoms with van der Waals surface area (Å²) in [5.74, 6) is 0.454. The Morgan fingerprint density at radius 1 is 1.39 bits per heavy atom. The number of sulfone groups is 1. The summed E-state index contributed by atoms with van der Waals surface area (Å²) in [5.41, 5.74) is 1.93. The molecule has 102 valence electrons. The van der Waals surface area contributed by atoms with Gasteiger partial charge in [0.2, 0.25) is 0 Å². The first-order chi connectivity index (χ1) is 8.29. The molecule has 0 aliphatic carbocycles. The van der Waals surface area contributed by atoms with Gasteiger partial charge >= 0.3 is 0 Å². The summed E-state index contributed by atoms with van der Waals surface area (Å²) >= 11 is 0. The standard InChI is InChI=1S/C13H21NO3S/c1-10-5-6-13(15)12(9-10)11(2)14-7-4-8-18(3,16)17/h5-6,9,11,14-15H,4,7-8H2,1-3H3. The second kappa shape index (κ2) is 6.20. The molecule has 0 spiro atoms. The smallest absolute Gasteiger partial charge is 0.147 e. The molecule has 1 aromatic carbocycles. The Morgan fingerprint density at radius 3 is 2.67 bits per heavy atom. The van der Waals surface area contributed by atoms with Crippen molar-refractivity contribution in [3.8, 4) is 5.75 Å². The highest BCUT2D eigenvalue weighted by molar-refractivity contribution is 7.90. The van der Waals surface area contributed by atoms with Crippen LogP contribution in [0.2, 0.25) is 0 Å². The molecule has 0 bridgehead atoms. The minimum Gasteiger partial charge on any atom is -0.508 e. The molecule has 18 heavy (non-hydrogen) atoms. The zero-order valence-corrected chi connectivity index (χ0v) is 11.9.